The second-order valence-electron chi connectivity index (χ2n) is 2.96. The number of aromatic amines is 1. The normalized spacial score (nSPS) is 16.8. The van der Waals surface area contributed by atoms with Crippen LogP contribution < -0.4 is 0 Å². The van der Waals surface area contributed by atoms with Crippen molar-refractivity contribution in [2.75, 3.05) is 13.1 Å². The Balaban J connectivity index is 2.09. The SMILES string of the molecule is O=C(c1cc[nH]n1)N1CCCC1. The maximum atomic E-state index is 11.6. The summed E-state index contributed by atoms with van der Waals surface area (Å²) in [6, 6.07) is 1.71. The van der Waals surface area contributed by atoms with Crippen molar-refractivity contribution in [2.24, 2.45) is 0 Å². The predicted molar refractivity (Wildman–Crippen MR) is 43.7 cm³/mol. The molecule has 1 aromatic rings. The highest BCUT2D eigenvalue weighted by Crippen LogP contribution is 2.10. The summed E-state index contributed by atoms with van der Waals surface area (Å²) in [5, 5.41) is 6.48. The number of likely N-dealkylation sites (tertiary alicyclic amines) is 1. The first-order valence-electron chi connectivity index (χ1n) is 4.17. The van der Waals surface area contributed by atoms with Gasteiger partial charge in [-0.1, -0.05) is 0 Å². The third-order valence-electron chi connectivity index (χ3n) is 2.11. The Morgan fingerprint density at radius 2 is 2.25 bits per heavy atom. The Morgan fingerprint density at radius 1 is 1.50 bits per heavy atom. The maximum absolute atomic E-state index is 11.6. The summed E-state index contributed by atoms with van der Waals surface area (Å²) >= 11 is 0. The van der Waals surface area contributed by atoms with Crippen molar-refractivity contribution >= 4 is 5.91 Å². The molecule has 1 N–H and O–H groups in total. The van der Waals surface area contributed by atoms with Crippen molar-refractivity contribution in [1.29, 1.82) is 0 Å². The molecule has 1 amide bonds. The van der Waals surface area contributed by atoms with Gasteiger partial charge in [0.1, 0.15) is 5.69 Å². The van der Waals surface area contributed by atoms with Crippen LogP contribution >= 0.6 is 0 Å². The van der Waals surface area contributed by atoms with Crippen molar-refractivity contribution in [3.63, 3.8) is 0 Å². The standard InChI is InChI=1S/C8H11N3O/c12-8(7-3-4-9-10-7)11-5-1-2-6-11/h3-4H,1-2,5-6H2,(H,9,10). The van der Waals surface area contributed by atoms with E-state index in [9.17, 15) is 4.79 Å². The van der Waals surface area contributed by atoms with Crippen LogP contribution in [0.25, 0.3) is 0 Å². The van der Waals surface area contributed by atoms with Gasteiger partial charge in [-0.05, 0) is 18.9 Å². The molecule has 1 aromatic heterocycles. The van der Waals surface area contributed by atoms with Crippen LogP contribution in [-0.4, -0.2) is 34.1 Å². The third kappa shape index (κ3) is 1.20. The van der Waals surface area contributed by atoms with Crippen LogP contribution in [0.3, 0.4) is 0 Å². The van der Waals surface area contributed by atoms with E-state index in [-0.39, 0.29) is 5.91 Å². The Hall–Kier alpha value is -1.32. The molecule has 12 heavy (non-hydrogen) atoms. The molecule has 0 spiro atoms. The molecule has 1 saturated heterocycles. The smallest absolute Gasteiger partial charge is 0.274 e. The van der Waals surface area contributed by atoms with E-state index in [4.69, 9.17) is 0 Å². The fourth-order valence-corrected chi connectivity index (χ4v) is 1.46. The summed E-state index contributed by atoms with van der Waals surface area (Å²) in [6.45, 7) is 1.76. The summed E-state index contributed by atoms with van der Waals surface area (Å²) in [7, 11) is 0. The highest BCUT2D eigenvalue weighted by atomic mass is 16.2. The summed E-state index contributed by atoms with van der Waals surface area (Å²) in [5.41, 5.74) is 0.525. The summed E-state index contributed by atoms with van der Waals surface area (Å²) in [5.74, 6) is 0.0498. The Kier molecular flexibility index (Phi) is 1.81. The number of rotatable bonds is 1. The summed E-state index contributed by atoms with van der Waals surface area (Å²) in [4.78, 5) is 13.4. The number of H-pyrrole nitrogens is 1. The average Bonchev–Trinajstić information content (AvgIpc) is 2.77. The molecule has 0 bridgehead atoms. The van der Waals surface area contributed by atoms with E-state index in [2.05, 4.69) is 10.2 Å². The number of nitrogens with one attached hydrogen (secondary N) is 1. The van der Waals surface area contributed by atoms with Crippen LogP contribution in [0.1, 0.15) is 23.3 Å². The van der Waals surface area contributed by atoms with Gasteiger partial charge in [-0.2, -0.15) is 5.10 Å². The fraction of sp³-hybridized carbons (Fsp3) is 0.500. The molecule has 1 aliphatic rings. The Labute approximate surface area is 70.6 Å². The van der Waals surface area contributed by atoms with Crippen LogP contribution in [0.5, 0.6) is 0 Å². The van der Waals surface area contributed by atoms with Crippen molar-refractivity contribution in [3.8, 4) is 0 Å². The first-order chi connectivity index (χ1) is 5.88. The lowest BCUT2D eigenvalue weighted by Gasteiger charge is -2.12. The number of hydrogen-bond acceptors (Lipinski definition) is 2. The average molecular weight is 165 g/mol. The number of hydrogen-bond donors (Lipinski definition) is 1. The highest BCUT2D eigenvalue weighted by Gasteiger charge is 2.20. The molecule has 0 radical (unpaired) electrons. The molecule has 0 atom stereocenters. The zero-order valence-electron chi connectivity index (χ0n) is 6.79. The molecule has 0 aromatic carbocycles. The van der Waals surface area contributed by atoms with Crippen molar-refractivity contribution in [1.82, 2.24) is 15.1 Å². The van der Waals surface area contributed by atoms with Gasteiger partial charge in [-0.25, -0.2) is 0 Å². The molecule has 0 unspecified atom stereocenters. The number of aromatic nitrogens is 2. The van der Waals surface area contributed by atoms with E-state index in [0.717, 1.165) is 25.9 Å². The van der Waals surface area contributed by atoms with E-state index in [1.807, 2.05) is 4.90 Å². The van der Waals surface area contributed by atoms with Crippen LogP contribution in [-0.2, 0) is 0 Å². The van der Waals surface area contributed by atoms with Crippen molar-refractivity contribution < 1.29 is 4.79 Å². The highest BCUT2D eigenvalue weighted by molar-refractivity contribution is 5.92. The largest absolute Gasteiger partial charge is 0.337 e. The molecule has 2 rings (SSSR count). The van der Waals surface area contributed by atoms with Crippen LogP contribution in [0, 0.1) is 0 Å². The molecular weight excluding hydrogens is 154 g/mol. The molecule has 4 nitrogen and oxygen atoms in total. The molecule has 64 valence electrons. The van der Waals surface area contributed by atoms with Gasteiger partial charge in [0.05, 0.1) is 0 Å². The molecule has 4 heteroatoms. The zero-order valence-corrected chi connectivity index (χ0v) is 6.79. The molecule has 0 saturated carbocycles. The number of amides is 1. The maximum Gasteiger partial charge on any atom is 0.274 e. The second-order valence-corrected chi connectivity index (χ2v) is 2.96. The van der Waals surface area contributed by atoms with E-state index >= 15 is 0 Å². The zero-order chi connectivity index (χ0) is 8.39. The third-order valence-corrected chi connectivity index (χ3v) is 2.11. The van der Waals surface area contributed by atoms with E-state index in [0.29, 0.717) is 5.69 Å². The minimum atomic E-state index is 0.0498. The molecule has 2 heterocycles. The fourth-order valence-electron chi connectivity index (χ4n) is 1.46. The molecule has 1 fully saturated rings. The number of nitrogens with zero attached hydrogens (tertiary/aromatic N) is 2. The Morgan fingerprint density at radius 3 is 2.83 bits per heavy atom. The second kappa shape index (κ2) is 2.97. The van der Waals surface area contributed by atoms with E-state index < -0.39 is 0 Å². The minimum absolute atomic E-state index is 0.0498. The lowest BCUT2D eigenvalue weighted by atomic mass is 10.4. The van der Waals surface area contributed by atoms with Gasteiger partial charge >= 0.3 is 0 Å². The van der Waals surface area contributed by atoms with Gasteiger partial charge in [0, 0.05) is 19.3 Å². The van der Waals surface area contributed by atoms with Crippen LogP contribution in [0.4, 0.5) is 0 Å². The Bertz CT molecular complexity index is 262. The van der Waals surface area contributed by atoms with Gasteiger partial charge < -0.3 is 4.90 Å². The van der Waals surface area contributed by atoms with Crippen molar-refractivity contribution in [3.05, 3.63) is 18.0 Å². The van der Waals surface area contributed by atoms with E-state index in [1.54, 1.807) is 12.3 Å². The molecule has 0 aliphatic carbocycles. The summed E-state index contributed by atoms with van der Waals surface area (Å²) in [6.07, 6.45) is 3.91. The van der Waals surface area contributed by atoms with Crippen LogP contribution in [0.2, 0.25) is 0 Å². The van der Waals surface area contributed by atoms with Gasteiger partial charge in [-0.3, -0.25) is 9.89 Å². The lowest BCUT2D eigenvalue weighted by molar-refractivity contribution is 0.0787. The lowest BCUT2D eigenvalue weighted by Crippen LogP contribution is -2.27. The van der Waals surface area contributed by atoms with Crippen LogP contribution in [0.15, 0.2) is 12.3 Å². The molecule has 1 aliphatic heterocycles. The number of carbonyl (C=O) groups excluding carboxylic acids is 1. The van der Waals surface area contributed by atoms with Gasteiger partial charge in [0.2, 0.25) is 0 Å². The van der Waals surface area contributed by atoms with Gasteiger partial charge in [0.25, 0.3) is 5.91 Å². The quantitative estimate of drug-likeness (QED) is 0.664. The monoisotopic (exact) mass is 165 g/mol. The van der Waals surface area contributed by atoms with Crippen molar-refractivity contribution in [2.45, 2.75) is 12.8 Å². The first-order valence-corrected chi connectivity index (χ1v) is 4.17. The predicted octanol–water partition coefficient (Wildman–Crippen LogP) is 0.646. The minimum Gasteiger partial charge on any atom is -0.337 e. The van der Waals surface area contributed by atoms with Gasteiger partial charge in [-0.15, -0.1) is 0 Å². The first kappa shape index (κ1) is 7.34. The summed E-state index contributed by atoms with van der Waals surface area (Å²) < 4.78 is 0. The van der Waals surface area contributed by atoms with E-state index in [1.165, 1.54) is 0 Å². The van der Waals surface area contributed by atoms with Gasteiger partial charge in [0.15, 0.2) is 0 Å². The molecular formula is C8H11N3O. The topological polar surface area (TPSA) is 49.0 Å². The number of carbonyl (C=O) groups is 1.